The van der Waals surface area contributed by atoms with Crippen molar-refractivity contribution in [1.82, 2.24) is 0 Å². The Bertz CT molecular complexity index is 801. The summed E-state index contributed by atoms with van der Waals surface area (Å²) >= 11 is 1.39. The van der Waals surface area contributed by atoms with Crippen LogP contribution in [0.25, 0.3) is 6.08 Å². The predicted octanol–water partition coefficient (Wildman–Crippen LogP) is 4.29. The van der Waals surface area contributed by atoms with Gasteiger partial charge in [-0.2, -0.15) is 0 Å². The van der Waals surface area contributed by atoms with Crippen LogP contribution in [0.2, 0.25) is 0 Å². The van der Waals surface area contributed by atoms with Gasteiger partial charge in [-0.1, -0.05) is 66.4 Å². The van der Waals surface area contributed by atoms with Crippen molar-refractivity contribution in [3.05, 3.63) is 84.1 Å². The monoisotopic (exact) mass is 368 g/mol. The van der Waals surface area contributed by atoms with E-state index in [4.69, 9.17) is 14.2 Å². The van der Waals surface area contributed by atoms with Crippen molar-refractivity contribution in [3.63, 3.8) is 0 Å². The van der Waals surface area contributed by atoms with Crippen LogP contribution in [0.15, 0.2) is 83.5 Å². The zero-order chi connectivity index (χ0) is 18.4. The lowest BCUT2D eigenvalue weighted by Gasteiger charge is -2.34. The van der Waals surface area contributed by atoms with Gasteiger partial charge < -0.3 is 14.2 Å². The molecule has 0 saturated carbocycles. The molecule has 0 saturated heterocycles. The fourth-order valence-corrected chi connectivity index (χ4v) is 4.05. The van der Waals surface area contributed by atoms with Crippen LogP contribution in [0.1, 0.15) is 5.56 Å². The van der Waals surface area contributed by atoms with Crippen LogP contribution in [0.4, 0.5) is 0 Å². The number of esters is 1. The maximum Gasteiger partial charge on any atom is 0.336 e. The van der Waals surface area contributed by atoms with Gasteiger partial charge in [0.15, 0.2) is 5.76 Å². The van der Waals surface area contributed by atoms with Crippen molar-refractivity contribution in [2.75, 3.05) is 14.2 Å². The molecule has 0 unspecified atom stereocenters. The molecule has 2 atom stereocenters. The number of hydrogen-bond donors (Lipinski definition) is 0. The Morgan fingerprint density at radius 1 is 1.04 bits per heavy atom. The number of thioether (sulfide) groups is 1. The lowest BCUT2D eigenvalue weighted by Crippen LogP contribution is -2.42. The summed E-state index contributed by atoms with van der Waals surface area (Å²) in [7, 11) is 3.12. The summed E-state index contributed by atoms with van der Waals surface area (Å²) in [6.07, 6.45) is 4.67. The van der Waals surface area contributed by atoms with Crippen LogP contribution in [0.5, 0.6) is 0 Å². The van der Waals surface area contributed by atoms with Gasteiger partial charge in [0.05, 0.1) is 13.2 Å². The highest BCUT2D eigenvalue weighted by molar-refractivity contribution is 8.00. The Hall–Kier alpha value is -2.50. The largest absolute Gasteiger partial charge is 0.495 e. The summed E-state index contributed by atoms with van der Waals surface area (Å²) in [6.45, 7) is 0. The highest BCUT2D eigenvalue weighted by atomic mass is 32.2. The number of hydrogen-bond acceptors (Lipinski definition) is 5. The first-order valence-corrected chi connectivity index (χ1v) is 8.99. The van der Waals surface area contributed by atoms with E-state index in [1.54, 1.807) is 7.11 Å². The number of benzene rings is 2. The van der Waals surface area contributed by atoms with E-state index < -0.39 is 17.0 Å². The van der Waals surface area contributed by atoms with Crippen molar-refractivity contribution in [2.24, 2.45) is 0 Å². The van der Waals surface area contributed by atoms with Crippen LogP contribution in [-0.4, -0.2) is 31.2 Å². The first-order valence-electron chi connectivity index (χ1n) is 8.17. The number of rotatable bonds is 7. The Kier molecular flexibility index (Phi) is 5.81. The van der Waals surface area contributed by atoms with Gasteiger partial charge in [0.2, 0.25) is 4.93 Å². The topological polar surface area (TPSA) is 44.8 Å². The summed E-state index contributed by atoms with van der Waals surface area (Å²) in [6, 6.07) is 19.6. The maximum atomic E-state index is 12.0. The molecule has 1 aliphatic rings. The van der Waals surface area contributed by atoms with Crippen LogP contribution in [0.3, 0.4) is 0 Å². The molecule has 26 heavy (non-hydrogen) atoms. The predicted molar refractivity (Wildman–Crippen MR) is 102 cm³/mol. The van der Waals surface area contributed by atoms with Crippen molar-refractivity contribution < 1.29 is 19.0 Å². The molecule has 0 fully saturated rings. The third kappa shape index (κ3) is 3.84. The summed E-state index contributed by atoms with van der Waals surface area (Å²) in [4.78, 5) is 11.9. The zero-order valence-electron chi connectivity index (χ0n) is 14.6. The molecular weight excluding hydrogens is 348 g/mol. The van der Waals surface area contributed by atoms with Crippen molar-refractivity contribution in [1.29, 1.82) is 0 Å². The van der Waals surface area contributed by atoms with E-state index in [0.717, 1.165) is 10.5 Å². The van der Waals surface area contributed by atoms with Gasteiger partial charge in [0.25, 0.3) is 0 Å². The van der Waals surface area contributed by atoms with E-state index >= 15 is 0 Å². The molecule has 2 aromatic rings. The standard InChI is InChI=1S/C21H20O4S/c1-23-18(14-13-16-9-5-3-6-10-16)21(19(24-2)15-20(22)25-21)26-17-11-7-4-8-12-17/h3-15,18H,1-2H3/b14-13-/t18-,21-/m0/s1. The van der Waals surface area contributed by atoms with Gasteiger partial charge in [-0.3, -0.25) is 0 Å². The second kappa shape index (κ2) is 8.25. The van der Waals surface area contributed by atoms with E-state index in [-0.39, 0.29) is 0 Å². The second-order valence-corrected chi connectivity index (χ2v) is 6.92. The third-order valence-corrected chi connectivity index (χ3v) is 5.30. The third-order valence-electron chi connectivity index (χ3n) is 3.97. The number of ether oxygens (including phenoxy) is 3. The molecule has 4 nitrogen and oxygen atoms in total. The average Bonchev–Trinajstić information content (AvgIpc) is 3.00. The van der Waals surface area contributed by atoms with Crippen LogP contribution >= 0.6 is 11.8 Å². The summed E-state index contributed by atoms with van der Waals surface area (Å²) in [5, 5.41) is 0. The lowest BCUT2D eigenvalue weighted by atomic mass is 10.1. The van der Waals surface area contributed by atoms with E-state index in [1.165, 1.54) is 24.9 Å². The van der Waals surface area contributed by atoms with Crippen LogP contribution < -0.4 is 0 Å². The minimum atomic E-state index is -1.12. The average molecular weight is 368 g/mol. The van der Waals surface area contributed by atoms with Crippen LogP contribution in [0, 0.1) is 0 Å². The first kappa shape index (κ1) is 18.3. The summed E-state index contributed by atoms with van der Waals surface area (Å²) in [5.74, 6) is -0.0126. The molecular formula is C21H20O4S. The van der Waals surface area contributed by atoms with Crippen molar-refractivity contribution in [3.8, 4) is 0 Å². The summed E-state index contributed by atoms with van der Waals surface area (Å²) in [5.41, 5.74) is 1.03. The molecule has 3 rings (SSSR count). The SMILES string of the molecule is COC1=CC(=O)O[C@]1(Sc1ccccc1)[C@H](/C=C\c1ccccc1)OC. The highest BCUT2D eigenvalue weighted by Gasteiger charge is 2.52. The van der Waals surface area contributed by atoms with Gasteiger partial charge >= 0.3 is 5.97 Å². The molecule has 1 heterocycles. The Labute approximate surface area is 157 Å². The molecule has 1 aliphatic heterocycles. The van der Waals surface area contributed by atoms with Gasteiger partial charge in [0.1, 0.15) is 6.10 Å². The van der Waals surface area contributed by atoms with E-state index in [2.05, 4.69) is 0 Å². The summed E-state index contributed by atoms with van der Waals surface area (Å²) < 4.78 is 16.9. The quantitative estimate of drug-likeness (QED) is 0.682. The van der Waals surface area contributed by atoms with Gasteiger partial charge in [-0.15, -0.1) is 0 Å². The molecule has 0 aromatic heterocycles. The van der Waals surface area contributed by atoms with Crippen molar-refractivity contribution >= 4 is 23.8 Å². The normalized spacial score (nSPS) is 20.7. The maximum absolute atomic E-state index is 12.0. The smallest absolute Gasteiger partial charge is 0.336 e. The highest BCUT2D eigenvalue weighted by Crippen LogP contribution is 2.47. The number of cyclic esters (lactones) is 1. The molecule has 134 valence electrons. The minimum Gasteiger partial charge on any atom is -0.495 e. The fraction of sp³-hybridized carbons (Fsp3) is 0.190. The van der Waals surface area contributed by atoms with Gasteiger partial charge in [0, 0.05) is 12.0 Å². The van der Waals surface area contributed by atoms with Crippen molar-refractivity contribution in [2.45, 2.75) is 15.9 Å². The molecule has 5 heteroatoms. The second-order valence-electron chi connectivity index (χ2n) is 5.64. The number of carbonyl (C=O) groups is 1. The molecule has 0 amide bonds. The Morgan fingerprint density at radius 3 is 2.31 bits per heavy atom. The molecule has 0 radical (unpaired) electrons. The molecule has 0 aliphatic carbocycles. The minimum absolute atomic E-state index is 0.431. The molecule has 2 aromatic carbocycles. The number of methoxy groups -OCH3 is 2. The van der Waals surface area contributed by atoms with E-state index in [0.29, 0.717) is 5.76 Å². The zero-order valence-corrected chi connectivity index (χ0v) is 15.4. The van der Waals surface area contributed by atoms with Crippen LogP contribution in [-0.2, 0) is 19.0 Å². The van der Waals surface area contributed by atoms with E-state index in [9.17, 15) is 4.79 Å². The fourth-order valence-electron chi connectivity index (χ4n) is 2.75. The number of carbonyl (C=O) groups excluding carboxylic acids is 1. The molecule has 0 bridgehead atoms. The van der Waals surface area contributed by atoms with E-state index in [1.807, 2.05) is 72.8 Å². The first-order chi connectivity index (χ1) is 12.7. The molecule has 0 N–H and O–H groups in total. The molecule has 0 spiro atoms. The Balaban J connectivity index is 1.97. The lowest BCUT2D eigenvalue weighted by molar-refractivity contribution is -0.146. The Morgan fingerprint density at radius 2 is 1.69 bits per heavy atom. The van der Waals surface area contributed by atoms with Gasteiger partial charge in [-0.25, -0.2) is 4.79 Å². The van der Waals surface area contributed by atoms with Gasteiger partial charge in [-0.05, 0) is 23.8 Å².